The molecule has 5 heteroatoms. The van der Waals surface area contributed by atoms with E-state index in [0.717, 1.165) is 11.6 Å². The molecule has 1 fully saturated rings. The van der Waals surface area contributed by atoms with E-state index in [1.54, 1.807) is 0 Å². The average molecular weight is 195 g/mol. The van der Waals surface area contributed by atoms with Gasteiger partial charge in [-0.05, 0) is 25.1 Å². The summed E-state index contributed by atoms with van der Waals surface area (Å²) in [6.07, 6.45) is 5.13. The van der Waals surface area contributed by atoms with Crippen LogP contribution in [-0.2, 0) is 0 Å². The maximum absolute atomic E-state index is 4.95. The number of nitrogens with one attached hydrogen (secondary N) is 2. The minimum Gasteiger partial charge on any atom is -0.318 e. The summed E-state index contributed by atoms with van der Waals surface area (Å²) in [5.74, 6) is 2.54. The normalized spacial score (nSPS) is 28.9. The predicted octanol–water partition coefficient (Wildman–Crippen LogP) is 1.55. The largest absolute Gasteiger partial charge is 0.318 e. The van der Waals surface area contributed by atoms with Gasteiger partial charge >= 0.3 is 0 Å². The molecule has 3 nitrogen and oxygen atoms in total. The Morgan fingerprint density at radius 1 is 1.31 bits per heavy atom. The van der Waals surface area contributed by atoms with E-state index < -0.39 is 0 Å². The summed E-state index contributed by atoms with van der Waals surface area (Å²) in [5, 5.41) is 6.97. The van der Waals surface area contributed by atoms with Crippen LogP contribution in [0.15, 0.2) is 0 Å². The summed E-state index contributed by atoms with van der Waals surface area (Å²) < 4.78 is 0.647. The molecule has 0 saturated heterocycles. The molecule has 1 saturated carbocycles. The highest BCUT2D eigenvalue weighted by molar-refractivity contribution is 7.71. The molecular formula is C8H14BN3S. The van der Waals surface area contributed by atoms with E-state index in [1.807, 2.05) is 0 Å². The highest BCUT2D eigenvalue weighted by Crippen LogP contribution is 2.35. The van der Waals surface area contributed by atoms with Gasteiger partial charge in [0.15, 0.2) is 4.77 Å². The monoisotopic (exact) mass is 195 g/mol. The maximum atomic E-state index is 4.95. The maximum Gasteiger partial charge on any atom is 0.192 e. The highest BCUT2D eigenvalue weighted by atomic mass is 32.1. The van der Waals surface area contributed by atoms with Gasteiger partial charge < -0.3 is 4.98 Å². The fourth-order valence-corrected chi connectivity index (χ4v) is 2.16. The second-order valence-corrected chi connectivity index (χ2v) is 4.43. The molecule has 0 atom stereocenters. The van der Waals surface area contributed by atoms with Gasteiger partial charge in [-0.25, -0.2) is 0 Å². The van der Waals surface area contributed by atoms with Crippen LogP contribution in [0, 0.1) is 4.77 Å². The molecule has 1 aliphatic carbocycles. The van der Waals surface area contributed by atoms with Crippen molar-refractivity contribution in [3.63, 3.8) is 0 Å². The zero-order valence-corrected chi connectivity index (χ0v) is 8.66. The van der Waals surface area contributed by atoms with Gasteiger partial charge in [0.25, 0.3) is 0 Å². The first-order valence-electron chi connectivity index (χ1n) is 4.90. The lowest BCUT2D eigenvalue weighted by Gasteiger charge is -2.24. The fraction of sp³-hybridized carbons (Fsp3) is 0.750. The summed E-state index contributed by atoms with van der Waals surface area (Å²) in [7, 11) is 2.32. The Morgan fingerprint density at radius 2 is 2.00 bits per heavy atom. The van der Waals surface area contributed by atoms with E-state index in [0.29, 0.717) is 10.7 Å². The predicted molar refractivity (Wildman–Crippen MR) is 57.3 cm³/mol. The van der Waals surface area contributed by atoms with E-state index in [4.69, 9.17) is 12.2 Å². The van der Waals surface area contributed by atoms with Crippen LogP contribution < -0.4 is 0 Å². The van der Waals surface area contributed by atoms with E-state index >= 15 is 0 Å². The van der Waals surface area contributed by atoms with Crippen molar-refractivity contribution in [3.05, 3.63) is 10.6 Å². The Morgan fingerprint density at radius 3 is 2.54 bits per heavy atom. The quantitative estimate of drug-likeness (QED) is 0.527. The van der Waals surface area contributed by atoms with Crippen LogP contribution in [0.4, 0.5) is 0 Å². The zero-order valence-electron chi connectivity index (χ0n) is 7.84. The van der Waals surface area contributed by atoms with E-state index in [1.165, 1.54) is 25.7 Å². The number of rotatable bonds is 1. The summed E-state index contributed by atoms with van der Waals surface area (Å²) in [6.45, 7) is 0. The molecular weight excluding hydrogens is 181 g/mol. The Bertz CT molecular complexity index is 324. The van der Waals surface area contributed by atoms with Gasteiger partial charge in [0.2, 0.25) is 0 Å². The second kappa shape index (κ2) is 3.66. The van der Waals surface area contributed by atoms with Gasteiger partial charge in [-0.3, -0.25) is 5.10 Å². The Hall–Kier alpha value is -0.575. The van der Waals surface area contributed by atoms with E-state index in [-0.39, 0.29) is 0 Å². The molecule has 0 unspecified atom stereocenters. The van der Waals surface area contributed by atoms with Gasteiger partial charge in [0.1, 0.15) is 13.7 Å². The third kappa shape index (κ3) is 2.02. The molecule has 1 heterocycles. The van der Waals surface area contributed by atoms with Crippen molar-refractivity contribution in [2.75, 3.05) is 0 Å². The van der Waals surface area contributed by atoms with Crippen molar-refractivity contribution in [2.45, 2.75) is 37.4 Å². The van der Waals surface area contributed by atoms with E-state index in [9.17, 15) is 0 Å². The highest BCUT2D eigenvalue weighted by Gasteiger charge is 2.21. The lowest BCUT2D eigenvalue weighted by Crippen LogP contribution is -2.10. The molecule has 0 radical (unpaired) electrons. The first kappa shape index (κ1) is 9.00. The third-order valence-corrected chi connectivity index (χ3v) is 3.12. The number of aromatic nitrogens is 3. The average Bonchev–Trinajstić information content (AvgIpc) is 2.53. The summed E-state index contributed by atoms with van der Waals surface area (Å²) in [5.41, 5.74) is 0. The molecule has 13 heavy (non-hydrogen) atoms. The second-order valence-electron chi connectivity index (χ2n) is 4.02. The third-order valence-electron chi connectivity index (χ3n) is 2.92. The molecule has 0 amide bonds. The van der Waals surface area contributed by atoms with Crippen molar-refractivity contribution in [1.82, 2.24) is 15.2 Å². The molecule has 0 aliphatic heterocycles. The van der Waals surface area contributed by atoms with Gasteiger partial charge in [0.05, 0.1) is 0 Å². The summed E-state index contributed by atoms with van der Waals surface area (Å²) in [6, 6.07) is 0. The standard InChI is InChI=1S/C8H14BN3S/c9-6-3-1-5(2-4-6)7-10-8(13)12-11-7/h5-6H,1-4,9H2,(H2,10,11,12,13). The molecule has 1 aromatic heterocycles. The Labute approximate surface area is 83.7 Å². The molecule has 0 aromatic carbocycles. The number of H-pyrrole nitrogens is 2. The zero-order chi connectivity index (χ0) is 9.26. The molecule has 1 aliphatic rings. The first-order chi connectivity index (χ1) is 6.25. The smallest absolute Gasteiger partial charge is 0.192 e. The summed E-state index contributed by atoms with van der Waals surface area (Å²) >= 11 is 4.95. The van der Waals surface area contributed by atoms with Crippen molar-refractivity contribution in [3.8, 4) is 0 Å². The Kier molecular flexibility index (Phi) is 2.53. The van der Waals surface area contributed by atoms with Gasteiger partial charge in [-0.15, -0.1) is 0 Å². The molecule has 1 aromatic rings. The Balaban J connectivity index is 2.06. The number of nitrogens with zero attached hydrogens (tertiary/aromatic N) is 1. The van der Waals surface area contributed by atoms with E-state index in [2.05, 4.69) is 23.0 Å². The number of hydrogen-bond acceptors (Lipinski definition) is 2. The van der Waals surface area contributed by atoms with Crippen LogP contribution in [0.2, 0.25) is 5.82 Å². The summed E-state index contributed by atoms with van der Waals surface area (Å²) in [4.78, 5) is 3.11. The lowest BCUT2D eigenvalue weighted by atomic mass is 9.72. The first-order valence-corrected chi connectivity index (χ1v) is 5.31. The molecule has 2 rings (SSSR count). The van der Waals surface area contributed by atoms with Crippen LogP contribution in [0.25, 0.3) is 0 Å². The van der Waals surface area contributed by atoms with Crippen molar-refractivity contribution in [2.24, 2.45) is 0 Å². The van der Waals surface area contributed by atoms with Crippen molar-refractivity contribution >= 4 is 20.1 Å². The van der Waals surface area contributed by atoms with Crippen molar-refractivity contribution in [1.29, 1.82) is 0 Å². The molecule has 0 bridgehead atoms. The van der Waals surface area contributed by atoms with Gasteiger partial charge in [0, 0.05) is 5.92 Å². The fourth-order valence-electron chi connectivity index (χ4n) is 2.01. The van der Waals surface area contributed by atoms with Gasteiger partial charge in [-0.2, -0.15) is 5.10 Å². The lowest BCUT2D eigenvalue weighted by molar-refractivity contribution is 0.430. The van der Waals surface area contributed by atoms with Crippen LogP contribution in [0.1, 0.15) is 37.4 Å². The van der Waals surface area contributed by atoms with Crippen LogP contribution in [0.5, 0.6) is 0 Å². The van der Waals surface area contributed by atoms with Crippen LogP contribution in [-0.4, -0.2) is 23.0 Å². The number of aromatic amines is 2. The number of hydrogen-bond donors (Lipinski definition) is 2. The van der Waals surface area contributed by atoms with Gasteiger partial charge in [-0.1, -0.05) is 18.7 Å². The molecule has 2 N–H and O–H groups in total. The van der Waals surface area contributed by atoms with Crippen LogP contribution in [0.3, 0.4) is 0 Å². The molecule has 0 spiro atoms. The SMILES string of the molecule is BC1CCC(c2n[nH]c(=S)[nH]2)CC1. The van der Waals surface area contributed by atoms with Crippen molar-refractivity contribution < 1.29 is 0 Å². The molecule has 70 valence electrons. The van der Waals surface area contributed by atoms with Crippen LogP contribution >= 0.6 is 12.2 Å². The minimum atomic E-state index is 0.601. The minimum absolute atomic E-state index is 0.601. The topological polar surface area (TPSA) is 44.5 Å².